The maximum absolute atomic E-state index is 13.9. The van der Waals surface area contributed by atoms with Crippen LogP contribution in [0.2, 0.25) is 5.02 Å². The number of rotatable bonds is 5. The van der Waals surface area contributed by atoms with E-state index in [0.29, 0.717) is 10.6 Å². The van der Waals surface area contributed by atoms with Gasteiger partial charge in [-0.25, -0.2) is 8.78 Å². The molecule has 2 aromatic rings. The zero-order valence-electron chi connectivity index (χ0n) is 10.4. The van der Waals surface area contributed by atoms with E-state index in [1.54, 1.807) is 6.07 Å². The van der Waals surface area contributed by atoms with E-state index in [-0.39, 0.29) is 6.04 Å². The van der Waals surface area contributed by atoms with Gasteiger partial charge in [-0.1, -0.05) is 24.6 Å². The molecule has 1 unspecified atom stereocenters. The van der Waals surface area contributed by atoms with Crippen molar-refractivity contribution in [2.24, 2.45) is 0 Å². The average Bonchev–Trinajstić information content (AvgIpc) is 2.78. The van der Waals surface area contributed by atoms with E-state index < -0.39 is 11.6 Å². The molecule has 5 heteroatoms. The first-order valence-corrected chi connectivity index (χ1v) is 7.30. The summed E-state index contributed by atoms with van der Waals surface area (Å²) in [6.07, 6.45) is 0.919. The number of halogens is 3. The van der Waals surface area contributed by atoms with Crippen LogP contribution in [0.4, 0.5) is 8.78 Å². The van der Waals surface area contributed by atoms with E-state index >= 15 is 0 Å². The molecule has 0 aliphatic rings. The van der Waals surface area contributed by atoms with Crippen LogP contribution in [-0.2, 0) is 0 Å². The Hall–Kier alpha value is -0.970. The molecule has 1 aromatic carbocycles. The molecule has 0 aliphatic heterocycles. The van der Waals surface area contributed by atoms with Gasteiger partial charge in [-0.3, -0.25) is 0 Å². The van der Waals surface area contributed by atoms with Crippen molar-refractivity contribution in [1.29, 1.82) is 0 Å². The third-order valence-corrected chi connectivity index (χ3v) is 4.20. The van der Waals surface area contributed by atoms with Crippen molar-refractivity contribution in [1.82, 2.24) is 5.32 Å². The van der Waals surface area contributed by atoms with Crippen LogP contribution in [-0.4, -0.2) is 6.54 Å². The molecule has 1 N–H and O–H groups in total. The van der Waals surface area contributed by atoms with Gasteiger partial charge in [0, 0.05) is 16.5 Å². The third-order valence-electron chi connectivity index (χ3n) is 2.78. The van der Waals surface area contributed by atoms with Crippen molar-refractivity contribution < 1.29 is 8.78 Å². The Labute approximate surface area is 120 Å². The molecule has 2 rings (SSSR count). The highest BCUT2D eigenvalue weighted by Gasteiger charge is 2.21. The average molecular weight is 302 g/mol. The van der Waals surface area contributed by atoms with Gasteiger partial charge < -0.3 is 5.32 Å². The van der Waals surface area contributed by atoms with Crippen LogP contribution in [0, 0.1) is 11.6 Å². The fourth-order valence-corrected chi connectivity index (χ4v) is 3.14. The van der Waals surface area contributed by atoms with Gasteiger partial charge in [0.25, 0.3) is 0 Å². The first kappa shape index (κ1) is 14.4. The van der Waals surface area contributed by atoms with Crippen LogP contribution in [0.3, 0.4) is 0 Å². The second-order valence-corrected chi connectivity index (χ2v) is 5.54. The van der Waals surface area contributed by atoms with Crippen molar-refractivity contribution in [2.75, 3.05) is 6.54 Å². The lowest BCUT2D eigenvalue weighted by atomic mass is 10.0. The standard InChI is InChI=1S/C14H14ClF2NS/c1-2-6-18-13(14-11(15)5-7-19-14)10-4-3-9(16)8-12(10)17/h3-5,7-8,13,18H,2,6H2,1H3. The Morgan fingerprint density at radius 1 is 1.32 bits per heavy atom. The Bertz CT molecular complexity index is 556. The molecule has 0 radical (unpaired) electrons. The van der Waals surface area contributed by atoms with Gasteiger partial charge in [-0.05, 0) is 30.5 Å². The SMILES string of the molecule is CCCNC(c1ccc(F)cc1F)c1sccc1Cl. The van der Waals surface area contributed by atoms with Crippen LogP contribution in [0.15, 0.2) is 29.6 Å². The lowest BCUT2D eigenvalue weighted by Gasteiger charge is -2.19. The lowest BCUT2D eigenvalue weighted by molar-refractivity contribution is 0.536. The molecule has 0 bridgehead atoms. The van der Waals surface area contributed by atoms with Crippen LogP contribution in [0.5, 0.6) is 0 Å². The Kier molecular flexibility index (Phi) is 4.91. The second kappa shape index (κ2) is 6.46. The fraction of sp³-hybridized carbons (Fsp3) is 0.286. The first-order chi connectivity index (χ1) is 9.13. The number of nitrogens with one attached hydrogen (secondary N) is 1. The normalized spacial score (nSPS) is 12.6. The number of hydrogen-bond donors (Lipinski definition) is 1. The summed E-state index contributed by atoms with van der Waals surface area (Å²) in [5.74, 6) is -1.13. The minimum absolute atomic E-state index is 0.340. The van der Waals surface area contributed by atoms with Crippen molar-refractivity contribution in [3.63, 3.8) is 0 Å². The molecule has 19 heavy (non-hydrogen) atoms. The van der Waals surface area contributed by atoms with E-state index in [9.17, 15) is 8.78 Å². The molecule has 102 valence electrons. The van der Waals surface area contributed by atoms with Gasteiger partial charge in [0.15, 0.2) is 0 Å². The maximum Gasteiger partial charge on any atom is 0.131 e. The summed E-state index contributed by atoms with van der Waals surface area (Å²) in [7, 11) is 0. The lowest BCUT2D eigenvalue weighted by Crippen LogP contribution is -2.23. The zero-order chi connectivity index (χ0) is 13.8. The number of hydrogen-bond acceptors (Lipinski definition) is 2. The summed E-state index contributed by atoms with van der Waals surface area (Å²) in [5, 5.41) is 5.71. The van der Waals surface area contributed by atoms with Crippen molar-refractivity contribution >= 4 is 22.9 Å². The monoisotopic (exact) mass is 301 g/mol. The highest BCUT2D eigenvalue weighted by Crippen LogP contribution is 2.34. The topological polar surface area (TPSA) is 12.0 Å². The molecule has 0 fully saturated rings. The predicted molar refractivity (Wildman–Crippen MR) is 75.8 cm³/mol. The van der Waals surface area contributed by atoms with Crippen molar-refractivity contribution in [3.8, 4) is 0 Å². The van der Waals surface area contributed by atoms with E-state index in [2.05, 4.69) is 5.32 Å². The summed E-state index contributed by atoms with van der Waals surface area (Å²) in [5.41, 5.74) is 0.416. The molecular weight excluding hydrogens is 288 g/mol. The third kappa shape index (κ3) is 3.32. The molecule has 1 heterocycles. The summed E-state index contributed by atoms with van der Waals surface area (Å²) in [4.78, 5) is 0.848. The fourth-order valence-electron chi connectivity index (χ4n) is 1.88. The molecular formula is C14H14ClF2NS. The van der Waals surface area contributed by atoms with Gasteiger partial charge in [-0.2, -0.15) is 0 Å². The summed E-state index contributed by atoms with van der Waals surface area (Å²) in [6, 6.07) is 5.07. The number of benzene rings is 1. The minimum atomic E-state index is -0.576. The first-order valence-electron chi connectivity index (χ1n) is 6.04. The van der Waals surface area contributed by atoms with Gasteiger partial charge in [0.05, 0.1) is 11.1 Å². The smallest absolute Gasteiger partial charge is 0.131 e. The highest BCUT2D eigenvalue weighted by atomic mass is 35.5. The largest absolute Gasteiger partial charge is 0.305 e. The van der Waals surface area contributed by atoms with Crippen molar-refractivity contribution in [2.45, 2.75) is 19.4 Å². The molecule has 0 spiro atoms. The Morgan fingerprint density at radius 3 is 2.68 bits per heavy atom. The van der Waals surface area contributed by atoms with Gasteiger partial charge in [-0.15, -0.1) is 11.3 Å². The van der Waals surface area contributed by atoms with Crippen molar-refractivity contribution in [3.05, 3.63) is 56.7 Å². The second-order valence-electron chi connectivity index (χ2n) is 4.19. The summed E-state index contributed by atoms with van der Waals surface area (Å²) < 4.78 is 26.9. The van der Waals surface area contributed by atoms with E-state index in [0.717, 1.165) is 23.9 Å². The van der Waals surface area contributed by atoms with E-state index in [1.165, 1.54) is 23.5 Å². The minimum Gasteiger partial charge on any atom is -0.305 e. The van der Waals surface area contributed by atoms with Gasteiger partial charge in [0.1, 0.15) is 11.6 Å². The summed E-state index contributed by atoms with van der Waals surface area (Å²) in [6.45, 7) is 2.76. The van der Waals surface area contributed by atoms with Gasteiger partial charge >= 0.3 is 0 Å². The van der Waals surface area contributed by atoms with E-state index in [1.807, 2.05) is 12.3 Å². The Morgan fingerprint density at radius 2 is 2.11 bits per heavy atom. The molecule has 0 amide bonds. The number of thiophene rings is 1. The molecule has 1 atom stereocenters. The van der Waals surface area contributed by atoms with Crippen LogP contribution >= 0.6 is 22.9 Å². The van der Waals surface area contributed by atoms with Crippen LogP contribution in [0.25, 0.3) is 0 Å². The maximum atomic E-state index is 13.9. The summed E-state index contributed by atoms with van der Waals surface area (Å²) >= 11 is 7.58. The Balaban J connectivity index is 2.40. The molecule has 0 saturated heterocycles. The van der Waals surface area contributed by atoms with Crippen LogP contribution in [0.1, 0.15) is 29.8 Å². The molecule has 1 aromatic heterocycles. The molecule has 0 aliphatic carbocycles. The van der Waals surface area contributed by atoms with E-state index in [4.69, 9.17) is 11.6 Å². The van der Waals surface area contributed by atoms with Gasteiger partial charge in [0.2, 0.25) is 0 Å². The molecule has 0 saturated carbocycles. The predicted octanol–water partition coefficient (Wildman–Crippen LogP) is 4.77. The highest BCUT2D eigenvalue weighted by molar-refractivity contribution is 7.10. The zero-order valence-corrected chi connectivity index (χ0v) is 12.0. The quantitative estimate of drug-likeness (QED) is 0.839. The van der Waals surface area contributed by atoms with Crippen LogP contribution < -0.4 is 5.32 Å². The molecule has 1 nitrogen and oxygen atoms in total.